The molecule has 13 heteroatoms. The van der Waals surface area contributed by atoms with Crippen LogP contribution in [0.3, 0.4) is 0 Å². The maximum atomic E-state index is 14.1. The SMILES string of the molecule is C[C@]1(Cc2ccc(Cl)c(Cl)c2)C(=O)N(Cc2cc(C(F)(F)F)cc(C(F)(F)F)c2)CCC(=O)N1c1ccncc1. The van der Waals surface area contributed by atoms with Crippen LogP contribution in [0.4, 0.5) is 32.0 Å². The van der Waals surface area contributed by atoms with Crippen LogP contribution in [0.25, 0.3) is 0 Å². The molecule has 0 bridgehead atoms. The predicted molar refractivity (Wildman–Crippen MR) is 137 cm³/mol. The molecule has 0 N–H and O–H groups in total. The average Bonchev–Trinajstić information content (AvgIpc) is 2.95. The Bertz CT molecular complexity index is 1400. The van der Waals surface area contributed by atoms with E-state index >= 15 is 0 Å². The maximum absolute atomic E-state index is 14.1. The van der Waals surface area contributed by atoms with E-state index in [4.69, 9.17) is 23.2 Å². The van der Waals surface area contributed by atoms with Gasteiger partial charge in [0.05, 0.1) is 21.2 Å². The van der Waals surface area contributed by atoms with Crippen molar-refractivity contribution in [3.05, 3.63) is 93.2 Å². The molecule has 4 rings (SSSR count). The number of aromatic nitrogens is 1. The number of halogens is 8. The second-order valence-electron chi connectivity index (χ2n) is 9.52. The number of hydrogen-bond donors (Lipinski definition) is 0. The largest absolute Gasteiger partial charge is 0.416 e. The van der Waals surface area contributed by atoms with Crippen molar-refractivity contribution in [3.63, 3.8) is 0 Å². The number of hydrogen-bond acceptors (Lipinski definition) is 3. The Morgan fingerprint density at radius 2 is 1.45 bits per heavy atom. The number of amides is 2. The Morgan fingerprint density at radius 1 is 0.850 bits per heavy atom. The molecule has 40 heavy (non-hydrogen) atoms. The minimum atomic E-state index is -5.05. The first-order valence-electron chi connectivity index (χ1n) is 11.8. The summed E-state index contributed by atoms with van der Waals surface area (Å²) in [5.74, 6) is -1.14. The van der Waals surface area contributed by atoms with Gasteiger partial charge in [-0.1, -0.05) is 29.3 Å². The fourth-order valence-electron chi connectivity index (χ4n) is 4.76. The van der Waals surface area contributed by atoms with Crippen LogP contribution in [0, 0.1) is 0 Å². The number of carbonyl (C=O) groups is 2. The summed E-state index contributed by atoms with van der Waals surface area (Å²) in [6.07, 6.45) is -7.54. The molecule has 2 aromatic carbocycles. The summed E-state index contributed by atoms with van der Waals surface area (Å²) >= 11 is 12.2. The Labute approximate surface area is 235 Å². The van der Waals surface area contributed by atoms with Gasteiger partial charge in [-0.15, -0.1) is 0 Å². The summed E-state index contributed by atoms with van der Waals surface area (Å²) in [4.78, 5) is 33.9. The average molecular weight is 604 g/mol. The van der Waals surface area contributed by atoms with Crippen LogP contribution in [0.1, 0.15) is 35.6 Å². The molecule has 1 aliphatic heterocycles. The van der Waals surface area contributed by atoms with E-state index < -0.39 is 47.4 Å². The Kier molecular flexibility index (Phi) is 8.11. The van der Waals surface area contributed by atoms with Crippen molar-refractivity contribution >= 4 is 40.7 Å². The van der Waals surface area contributed by atoms with E-state index in [9.17, 15) is 35.9 Å². The number of benzene rings is 2. The molecule has 0 aliphatic carbocycles. The molecular weight excluding hydrogens is 583 g/mol. The smallest absolute Gasteiger partial charge is 0.336 e. The Balaban J connectivity index is 1.80. The lowest BCUT2D eigenvalue weighted by atomic mass is 9.88. The molecule has 3 aromatic rings. The third kappa shape index (κ3) is 6.20. The van der Waals surface area contributed by atoms with Crippen LogP contribution >= 0.6 is 23.2 Å². The second kappa shape index (κ2) is 10.9. The van der Waals surface area contributed by atoms with E-state index in [0.717, 1.165) is 4.90 Å². The van der Waals surface area contributed by atoms with Gasteiger partial charge in [0.25, 0.3) is 0 Å². The van der Waals surface area contributed by atoms with E-state index in [1.165, 1.54) is 48.5 Å². The highest BCUT2D eigenvalue weighted by Gasteiger charge is 2.48. The van der Waals surface area contributed by atoms with Gasteiger partial charge in [0.15, 0.2) is 0 Å². The van der Waals surface area contributed by atoms with Crippen molar-refractivity contribution in [2.75, 3.05) is 11.4 Å². The quantitative estimate of drug-likeness (QED) is 0.290. The van der Waals surface area contributed by atoms with Crippen LogP contribution < -0.4 is 4.90 Å². The lowest BCUT2D eigenvalue weighted by Gasteiger charge is -2.40. The maximum Gasteiger partial charge on any atom is 0.416 e. The molecule has 2 heterocycles. The van der Waals surface area contributed by atoms with Crippen molar-refractivity contribution in [1.29, 1.82) is 0 Å². The number of anilines is 1. The number of carbonyl (C=O) groups excluding carboxylic acids is 2. The molecule has 0 unspecified atom stereocenters. The van der Waals surface area contributed by atoms with Gasteiger partial charge in [-0.2, -0.15) is 26.3 Å². The molecule has 1 atom stereocenters. The van der Waals surface area contributed by atoms with Gasteiger partial charge in [-0.05, 0) is 60.5 Å². The zero-order chi connectivity index (χ0) is 29.5. The van der Waals surface area contributed by atoms with Crippen molar-refractivity contribution < 1.29 is 35.9 Å². The van der Waals surface area contributed by atoms with E-state index in [2.05, 4.69) is 4.98 Å². The van der Waals surface area contributed by atoms with Crippen LogP contribution in [-0.2, 0) is 34.9 Å². The number of rotatable bonds is 5. The zero-order valence-corrected chi connectivity index (χ0v) is 22.3. The molecule has 0 spiro atoms. The summed E-state index contributed by atoms with van der Waals surface area (Å²) < 4.78 is 80.7. The highest BCUT2D eigenvalue weighted by Crippen LogP contribution is 2.38. The molecule has 1 aliphatic rings. The summed E-state index contributed by atoms with van der Waals surface area (Å²) in [5.41, 5.74) is -4.13. The Morgan fingerprint density at radius 3 is 2.00 bits per heavy atom. The van der Waals surface area contributed by atoms with Crippen molar-refractivity contribution in [1.82, 2.24) is 9.88 Å². The van der Waals surface area contributed by atoms with E-state index in [0.29, 0.717) is 23.4 Å². The van der Waals surface area contributed by atoms with Gasteiger partial charge >= 0.3 is 12.4 Å². The third-order valence-electron chi connectivity index (χ3n) is 6.56. The molecule has 0 radical (unpaired) electrons. The molecule has 0 saturated carbocycles. The predicted octanol–water partition coefficient (Wildman–Crippen LogP) is 7.19. The summed E-state index contributed by atoms with van der Waals surface area (Å²) in [5, 5.41) is 0.461. The van der Waals surface area contributed by atoms with E-state index in [1.807, 2.05) is 0 Å². The Hall–Kier alpha value is -3.31. The minimum Gasteiger partial charge on any atom is -0.336 e. The lowest BCUT2D eigenvalue weighted by molar-refractivity contribution is -0.143. The van der Waals surface area contributed by atoms with Gasteiger partial charge in [-0.25, -0.2) is 0 Å². The monoisotopic (exact) mass is 603 g/mol. The lowest BCUT2D eigenvalue weighted by Crippen LogP contribution is -2.59. The molecule has 5 nitrogen and oxygen atoms in total. The minimum absolute atomic E-state index is 0.0246. The summed E-state index contributed by atoms with van der Waals surface area (Å²) in [6.45, 7) is 0.676. The first kappa shape index (κ1) is 29.7. The highest BCUT2D eigenvalue weighted by atomic mass is 35.5. The van der Waals surface area contributed by atoms with Gasteiger partial charge in [0, 0.05) is 44.0 Å². The molecule has 1 saturated heterocycles. The van der Waals surface area contributed by atoms with E-state index in [-0.39, 0.29) is 41.1 Å². The van der Waals surface area contributed by atoms with Gasteiger partial charge in [0.1, 0.15) is 5.54 Å². The highest BCUT2D eigenvalue weighted by molar-refractivity contribution is 6.42. The molecule has 212 valence electrons. The second-order valence-corrected chi connectivity index (χ2v) is 10.3. The van der Waals surface area contributed by atoms with Crippen LogP contribution in [0.2, 0.25) is 10.0 Å². The summed E-state index contributed by atoms with van der Waals surface area (Å²) in [7, 11) is 0. The van der Waals surface area contributed by atoms with Gasteiger partial charge in [-0.3, -0.25) is 19.5 Å². The van der Waals surface area contributed by atoms with Gasteiger partial charge < -0.3 is 4.90 Å². The van der Waals surface area contributed by atoms with Crippen LogP contribution in [0.5, 0.6) is 0 Å². The normalized spacial score (nSPS) is 18.7. The summed E-state index contributed by atoms with van der Waals surface area (Å²) in [6, 6.07) is 8.87. The third-order valence-corrected chi connectivity index (χ3v) is 7.30. The van der Waals surface area contributed by atoms with Crippen molar-refractivity contribution in [2.24, 2.45) is 0 Å². The zero-order valence-electron chi connectivity index (χ0n) is 20.8. The standard InChI is InChI=1S/C27H21Cl2F6N3O2/c1-25(14-16-2-3-21(28)22(29)12-16)24(40)37(9-6-23(39)38(25)20-4-7-36-8-5-20)15-17-10-18(26(30,31)32)13-19(11-17)27(33,34)35/h2-5,7-8,10-13H,6,9,14-15H2,1H3/t25-/m0/s1. The number of alkyl halides is 6. The molecule has 2 amide bonds. The molecular formula is C27H21Cl2F6N3O2. The van der Waals surface area contributed by atoms with Crippen LogP contribution in [-0.4, -0.2) is 33.8 Å². The van der Waals surface area contributed by atoms with E-state index in [1.54, 1.807) is 6.07 Å². The number of nitrogens with zero attached hydrogens (tertiary/aromatic N) is 3. The fraction of sp³-hybridized carbons (Fsp3) is 0.296. The van der Waals surface area contributed by atoms with Crippen molar-refractivity contribution in [2.45, 2.75) is 44.2 Å². The van der Waals surface area contributed by atoms with Gasteiger partial charge in [0.2, 0.25) is 11.8 Å². The molecule has 1 fully saturated rings. The van der Waals surface area contributed by atoms with Crippen molar-refractivity contribution in [3.8, 4) is 0 Å². The molecule has 1 aromatic heterocycles. The first-order valence-corrected chi connectivity index (χ1v) is 12.6. The topological polar surface area (TPSA) is 53.5 Å². The van der Waals surface area contributed by atoms with Crippen LogP contribution in [0.15, 0.2) is 60.9 Å². The fourth-order valence-corrected chi connectivity index (χ4v) is 5.08. The first-order chi connectivity index (χ1) is 18.6. The number of pyridine rings is 1.